The number of nitrogens with one attached hydrogen (secondary N) is 3. The zero-order valence-corrected chi connectivity index (χ0v) is 14.1. The molecule has 3 rings (SSSR count). The van der Waals surface area contributed by atoms with Gasteiger partial charge in [-0.2, -0.15) is 11.8 Å². The molecule has 2 aliphatic rings. The highest BCUT2D eigenvalue weighted by Gasteiger charge is 2.53. The molecule has 2 fully saturated rings. The third-order valence-electron chi connectivity index (χ3n) is 4.85. The average Bonchev–Trinajstić information content (AvgIpc) is 3.13. The number of H-pyrrole nitrogens is 1. The van der Waals surface area contributed by atoms with Gasteiger partial charge in [-0.1, -0.05) is 0 Å². The van der Waals surface area contributed by atoms with Gasteiger partial charge in [-0.15, -0.1) is 0 Å². The molecule has 2 atom stereocenters. The summed E-state index contributed by atoms with van der Waals surface area (Å²) in [6.07, 6.45) is 1.73. The number of rotatable bonds is 6. The molecule has 0 saturated carbocycles. The van der Waals surface area contributed by atoms with Crippen LogP contribution in [0.3, 0.4) is 0 Å². The summed E-state index contributed by atoms with van der Waals surface area (Å²) in [6.45, 7) is 6.43. The van der Waals surface area contributed by atoms with Crippen LogP contribution in [-0.2, 0) is 10.5 Å². The Morgan fingerprint density at radius 3 is 3.27 bits per heavy atom. The second-order valence-electron chi connectivity index (χ2n) is 6.46. The Balaban J connectivity index is 1.42. The molecule has 7 heteroatoms. The number of aryl methyl sites for hydroxylation is 1. The maximum atomic E-state index is 12.6. The standard InChI is InChI=1S/C15H25N5OS/c1-11-13(19-10-18-11)7-22-4-3-17-14(21)15-8-16-5-12(15)6-20(2)9-15/h10,12,16H,3-9H2,1-2H3,(H,17,21)(H,18,19)/t12-,15-/m1/s1. The SMILES string of the molecule is Cc1[nH]cnc1CSCCNC(=O)[C@@]12CNC[C@@H]1CN(C)C2. The van der Waals surface area contributed by atoms with Crippen LogP contribution >= 0.6 is 11.8 Å². The first-order valence-corrected chi connectivity index (χ1v) is 9.01. The van der Waals surface area contributed by atoms with Crippen LogP contribution in [0.2, 0.25) is 0 Å². The highest BCUT2D eigenvalue weighted by atomic mass is 32.2. The number of amides is 1. The van der Waals surface area contributed by atoms with Gasteiger partial charge in [-0.05, 0) is 14.0 Å². The van der Waals surface area contributed by atoms with Gasteiger partial charge in [0.1, 0.15) is 0 Å². The van der Waals surface area contributed by atoms with Crippen molar-refractivity contribution >= 4 is 17.7 Å². The molecule has 2 aliphatic heterocycles. The first kappa shape index (κ1) is 15.8. The average molecular weight is 323 g/mol. The number of aromatic amines is 1. The zero-order valence-electron chi connectivity index (χ0n) is 13.3. The van der Waals surface area contributed by atoms with Crippen LogP contribution in [0.15, 0.2) is 6.33 Å². The Kier molecular flexibility index (Phi) is 4.75. The normalized spacial score (nSPS) is 28.0. The van der Waals surface area contributed by atoms with E-state index < -0.39 is 0 Å². The Hall–Kier alpha value is -1.05. The van der Waals surface area contributed by atoms with Crippen LogP contribution in [0.1, 0.15) is 11.4 Å². The lowest BCUT2D eigenvalue weighted by Gasteiger charge is -2.26. The van der Waals surface area contributed by atoms with E-state index in [2.05, 4.69) is 32.5 Å². The number of carbonyl (C=O) groups excluding carboxylic acids is 1. The number of aromatic nitrogens is 2. The summed E-state index contributed by atoms with van der Waals surface area (Å²) in [4.78, 5) is 22.3. The summed E-state index contributed by atoms with van der Waals surface area (Å²) < 4.78 is 0. The van der Waals surface area contributed by atoms with Gasteiger partial charge in [0.2, 0.25) is 5.91 Å². The van der Waals surface area contributed by atoms with E-state index in [0.717, 1.165) is 55.6 Å². The predicted molar refractivity (Wildman–Crippen MR) is 88.8 cm³/mol. The van der Waals surface area contributed by atoms with Crippen molar-refractivity contribution in [3.8, 4) is 0 Å². The van der Waals surface area contributed by atoms with Crippen molar-refractivity contribution in [2.24, 2.45) is 11.3 Å². The van der Waals surface area contributed by atoms with Crippen LogP contribution in [0, 0.1) is 18.3 Å². The molecule has 3 N–H and O–H groups in total. The second-order valence-corrected chi connectivity index (χ2v) is 7.57. The maximum absolute atomic E-state index is 12.6. The molecule has 0 radical (unpaired) electrons. The highest BCUT2D eigenvalue weighted by Crippen LogP contribution is 2.38. The summed E-state index contributed by atoms with van der Waals surface area (Å²) in [5, 5.41) is 6.54. The molecule has 1 aromatic heterocycles. The minimum atomic E-state index is -0.210. The van der Waals surface area contributed by atoms with Gasteiger partial charge in [-0.3, -0.25) is 4.79 Å². The van der Waals surface area contributed by atoms with E-state index in [1.165, 1.54) is 0 Å². The quantitative estimate of drug-likeness (QED) is 0.653. The monoisotopic (exact) mass is 323 g/mol. The summed E-state index contributed by atoms with van der Waals surface area (Å²) >= 11 is 1.81. The lowest BCUT2D eigenvalue weighted by molar-refractivity contribution is -0.130. The molecule has 3 heterocycles. The zero-order chi connectivity index (χ0) is 15.6. The fraction of sp³-hybridized carbons (Fsp3) is 0.733. The van der Waals surface area contributed by atoms with E-state index in [-0.39, 0.29) is 11.3 Å². The van der Waals surface area contributed by atoms with E-state index in [1.54, 1.807) is 6.33 Å². The minimum Gasteiger partial charge on any atom is -0.355 e. The molecule has 0 aromatic carbocycles. The van der Waals surface area contributed by atoms with Crippen molar-refractivity contribution in [1.29, 1.82) is 0 Å². The molecule has 2 saturated heterocycles. The molecule has 122 valence electrons. The third-order valence-corrected chi connectivity index (χ3v) is 5.82. The van der Waals surface area contributed by atoms with Crippen LogP contribution < -0.4 is 10.6 Å². The van der Waals surface area contributed by atoms with E-state index in [4.69, 9.17) is 0 Å². The van der Waals surface area contributed by atoms with Crippen molar-refractivity contribution in [3.63, 3.8) is 0 Å². The summed E-state index contributed by atoms with van der Waals surface area (Å²) in [5.74, 6) is 2.49. The van der Waals surface area contributed by atoms with Gasteiger partial charge in [0, 0.05) is 55.8 Å². The van der Waals surface area contributed by atoms with Crippen LogP contribution in [0.5, 0.6) is 0 Å². The largest absolute Gasteiger partial charge is 0.355 e. The number of hydrogen-bond acceptors (Lipinski definition) is 5. The lowest BCUT2D eigenvalue weighted by Crippen LogP contribution is -2.47. The molecular weight excluding hydrogens is 298 g/mol. The van der Waals surface area contributed by atoms with E-state index in [9.17, 15) is 4.79 Å². The van der Waals surface area contributed by atoms with Crippen molar-refractivity contribution < 1.29 is 4.79 Å². The van der Waals surface area contributed by atoms with Crippen molar-refractivity contribution in [2.75, 3.05) is 45.5 Å². The fourth-order valence-electron chi connectivity index (χ4n) is 3.61. The first-order valence-electron chi connectivity index (χ1n) is 7.86. The van der Waals surface area contributed by atoms with Gasteiger partial charge in [0.15, 0.2) is 0 Å². The van der Waals surface area contributed by atoms with Gasteiger partial charge in [-0.25, -0.2) is 4.98 Å². The van der Waals surface area contributed by atoms with Crippen LogP contribution in [0.4, 0.5) is 0 Å². The third kappa shape index (κ3) is 3.02. The van der Waals surface area contributed by atoms with E-state index >= 15 is 0 Å². The summed E-state index contributed by atoms with van der Waals surface area (Å²) in [6, 6.07) is 0. The number of imidazole rings is 1. The fourth-order valence-corrected chi connectivity index (χ4v) is 4.48. The van der Waals surface area contributed by atoms with E-state index in [0.29, 0.717) is 5.92 Å². The maximum Gasteiger partial charge on any atom is 0.229 e. The van der Waals surface area contributed by atoms with Gasteiger partial charge in [0.05, 0.1) is 17.4 Å². The van der Waals surface area contributed by atoms with E-state index in [1.807, 2.05) is 18.7 Å². The number of hydrogen-bond donors (Lipinski definition) is 3. The summed E-state index contributed by atoms with van der Waals surface area (Å²) in [5.41, 5.74) is 2.02. The highest BCUT2D eigenvalue weighted by molar-refractivity contribution is 7.98. The molecule has 0 bridgehead atoms. The Morgan fingerprint density at radius 2 is 2.50 bits per heavy atom. The van der Waals surface area contributed by atoms with Crippen LogP contribution in [-0.4, -0.2) is 66.3 Å². The van der Waals surface area contributed by atoms with Gasteiger partial charge >= 0.3 is 0 Å². The molecule has 22 heavy (non-hydrogen) atoms. The number of thioether (sulfide) groups is 1. The van der Waals surface area contributed by atoms with Crippen molar-refractivity contribution in [2.45, 2.75) is 12.7 Å². The Bertz CT molecular complexity index is 534. The molecule has 6 nitrogen and oxygen atoms in total. The molecule has 0 aliphatic carbocycles. The molecule has 0 spiro atoms. The topological polar surface area (TPSA) is 73.0 Å². The Labute approximate surface area is 135 Å². The smallest absolute Gasteiger partial charge is 0.229 e. The summed E-state index contributed by atoms with van der Waals surface area (Å²) in [7, 11) is 2.11. The second kappa shape index (κ2) is 6.60. The molecule has 1 aromatic rings. The number of fused-ring (bicyclic) bond motifs is 1. The first-order chi connectivity index (χ1) is 10.6. The number of likely N-dealkylation sites (tertiary alicyclic amines) is 1. The lowest BCUT2D eigenvalue weighted by atomic mass is 9.80. The van der Waals surface area contributed by atoms with Gasteiger partial charge < -0.3 is 20.5 Å². The van der Waals surface area contributed by atoms with Crippen molar-refractivity contribution in [3.05, 3.63) is 17.7 Å². The predicted octanol–water partition coefficient (Wildman–Crippen LogP) is 0.219. The van der Waals surface area contributed by atoms with Crippen molar-refractivity contribution in [1.82, 2.24) is 25.5 Å². The number of nitrogens with zero attached hydrogens (tertiary/aromatic N) is 2. The van der Waals surface area contributed by atoms with Crippen LogP contribution in [0.25, 0.3) is 0 Å². The van der Waals surface area contributed by atoms with Gasteiger partial charge in [0.25, 0.3) is 0 Å². The molecular formula is C15H25N5OS. The number of carbonyl (C=O) groups is 1. The minimum absolute atomic E-state index is 0.210. The molecule has 0 unspecified atom stereocenters. The molecule has 1 amide bonds. The Morgan fingerprint density at radius 1 is 1.64 bits per heavy atom.